The number of ether oxygens (including phenoxy) is 1. The van der Waals surface area contributed by atoms with Gasteiger partial charge in [0.05, 0.1) is 11.6 Å². The molecule has 1 N–H and O–H groups in total. The molecule has 0 spiro atoms. The summed E-state index contributed by atoms with van der Waals surface area (Å²) < 4.78 is 32.3. The van der Waals surface area contributed by atoms with Crippen LogP contribution in [0.1, 0.15) is 44.7 Å². The highest BCUT2D eigenvalue weighted by Gasteiger charge is 2.39. The second-order valence-corrected chi connectivity index (χ2v) is 5.33. The van der Waals surface area contributed by atoms with Crippen LogP contribution in [0, 0.1) is 11.6 Å². The van der Waals surface area contributed by atoms with Crippen molar-refractivity contribution in [3.05, 3.63) is 35.4 Å². The third-order valence-corrected chi connectivity index (χ3v) is 3.74. The molecule has 1 aromatic carbocycles. The Hall–Kier alpha value is -1.00. The molecule has 0 aromatic heterocycles. The summed E-state index contributed by atoms with van der Waals surface area (Å²) in [6, 6.07) is 3.99. The van der Waals surface area contributed by atoms with Gasteiger partial charge in [0, 0.05) is 6.61 Å². The van der Waals surface area contributed by atoms with Gasteiger partial charge in [0.1, 0.15) is 0 Å². The second-order valence-electron chi connectivity index (χ2n) is 5.33. The number of nitrogens with one attached hydrogen (secondary N) is 1. The second kappa shape index (κ2) is 5.97. The maximum Gasteiger partial charge on any atom is 0.159 e. The topological polar surface area (TPSA) is 21.3 Å². The Labute approximate surface area is 113 Å². The predicted octanol–water partition coefficient (Wildman–Crippen LogP) is 3.57. The van der Waals surface area contributed by atoms with E-state index in [0.717, 1.165) is 38.0 Å². The minimum absolute atomic E-state index is 0.106. The first-order chi connectivity index (χ1) is 9.07. The van der Waals surface area contributed by atoms with Crippen LogP contribution in [-0.4, -0.2) is 18.8 Å². The Balaban J connectivity index is 2.28. The summed E-state index contributed by atoms with van der Waals surface area (Å²) in [4.78, 5) is 0. The third kappa shape index (κ3) is 3.12. The molecule has 2 atom stereocenters. The molecule has 1 saturated heterocycles. The van der Waals surface area contributed by atoms with Crippen molar-refractivity contribution in [2.24, 2.45) is 0 Å². The lowest BCUT2D eigenvalue weighted by Gasteiger charge is -2.34. The fraction of sp³-hybridized carbons (Fsp3) is 0.600. The Morgan fingerprint density at radius 3 is 2.74 bits per heavy atom. The van der Waals surface area contributed by atoms with Crippen molar-refractivity contribution in [3.63, 3.8) is 0 Å². The summed E-state index contributed by atoms with van der Waals surface area (Å²) in [7, 11) is 0. The zero-order chi connectivity index (χ0) is 13.9. The fourth-order valence-electron chi connectivity index (χ4n) is 2.70. The van der Waals surface area contributed by atoms with E-state index in [4.69, 9.17) is 4.74 Å². The van der Waals surface area contributed by atoms with Crippen LogP contribution in [0.5, 0.6) is 0 Å². The van der Waals surface area contributed by atoms with Crippen LogP contribution < -0.4 is 5.32 Å². The van der Waals surface area contributed by atoms with Crippen LogP contribution in [0.2, 0.25) is 0 Å². The Morgan fingerprint density at radius 1 is 1.37 bits per heavy atom. The van der Waals surface area contributed by atoms with Gasteiger partial charge in [-0.1, -0.05) is 13.0 Å². The van der Waals surface area contributed by atoms with Gasteiger partial charge in [0.15, 0.2) is 11.6 Å². The van der Waals surface area contributed by atoms with Crippen molar-refractivity contribution in [3.8, 4) is 0 Å². The number of rotatable bonds is 5. The summed E-state index contributed by atoms with van der Waals surface area (Å²) in [6.45, 7) is 5.66. The van der Waals surface area contributed by atoms with Gasteiger partial charge in [-0.2, -0.15) is 0 Å². The van der Waals surface area contributed by atoms with E-state index in [-0.39, 0.29) is 11.6 Å². The molecular formula is C15H21F2NO. The summed E-state index contributed by atoms with van der Waals surface area (Å²) in [5.41, 5.74) is 0.399. The van der Waals surface area contributed by atoms with Crippen LogP contribution in [0.3, 0.4) is 0 Å². The molecule has 0 bridgehead atoms. The van der Waals surface area contributed by atoms with E-state index in [0.29, 0.717) is 0 Å². The third-order valence-electron chi connectivity index (χ3n) is 3.74. The van der Waals surface area contributed by atoms with Crippen LogP contribution in [0.15, 0.2) is 18.2 Å². The summed E-state index contributed by atoms with van der Waals surface area (Å²) in [5, 5.41) is 3.40. The molecule has 1 aromatic rings. The largest absolute Gasteiger partial charge is 0.373 e. The Kier molecular flexibility index (Phi) is 4.53. The lowest BCUT2D eigenvalue weighted by molar-refractivity contribution is -0.0125. The SMILES string of the molecule is CCCNC(c1ccc(F)c(F)c1)C1(C)CCCO1. The molecule has 0 aliphatic carbocycles. The molecule has 1 fully saturated rings. The van der Waals surface area contributed by atoms with Gasteiger partial charge in [0.25, 0.3) is 0 Å². The minimum Gasteiger partial charge on any atom is -0.373 e. The first-order valence-electron chi connectivity index (χ1n) is 6.89. The highest BCUT2D eigenvalue weighted by molar-refractivity contribution is 5.24. The Morgan fingerprint density at radius 2 is 2.16 bits per heavy atom. The molecule has 1 aliphatic rings. The van der Waals surface area contributed by atoms with E-state index in [9.17, 15) is 8.78 Å². The maximum atomic E-state index is 13.4. The molecule has 0 saturated carbocycles. The lowest BCUT2D eigenvalue weighted by atomic mass is 9.87. The van der Waals surface area contributed by atoms with E-state index in [1.807, 2.05) is 6.92 Å². The smallest absolute Gasteiger partial charge is 0.159 e. The molecule has 2 unspecified atom stereocenters. The molecule has 19 heavy (non-hydrogen) atoms. The van der Waals surface area contributed by atoms with Crippen LogP contribution in [-0.2, 0) is 4.74 Å². The van der Waals surface area contributed by atoms with Crippen LogP contribution in [0.25, 0.3) is 0 Å². The number of benzene rings is 1. The van der Waals surface area contributed by atoms with Crippen molar-refractivity contribution < 1.29 is 13.5 Å². The van der Waals surface area contributed by atoms with Gasteiger partial charge < -0.3 is 10.1 Å². The van der Waals surface area contributed by atoms with Crippen molar-refractivity contribution in [2.75, 3.05) is 13.2 Å². The molecule has 0 amide bonds. The average Bonchev–Trinajstić information content (AvgIpc) is 2.82. The lowest BCUT2D eigenvalue weighted by Crippen LogP contribution is -2.41. The van der Waals surface area contributed by atoms with Gasteiger partial charge in [-0.25, -0.2) is 8.78 Å². The average molecular weight is 269 g/mol. The first kappa shape index (κ1) is 14.4. The molecular weight excluding hydrogens is 248 g/mol. The quantitative estimate of drug-likeness (QED) is 0.882. The summed E-state index contributed by atoms with van der Waals surface area (Å²) >= 11 is 0. The number of hydrogen-bond acceptors (Lipinski definition) is 2. The van der Waals surface area contributed by atoms with E-state index in [1.165, 1.54) is 12.1 Å². The van der Waals surface area contributed by atoms with Gasteiger partial charge in [-0.3, -0.25) is 0 Å². The van der Waals surface area contributed by atoms with E-state index >= 15 is 0 Å². The standard InChI is InChI=1S/C15H21F2NO/c1-3-8-18-14(15(2)7-4-9-19-15)11-5-6-12(16)13(17)10-11/h5-6,10,14,18H,3-4,7-9H2,1-2H3. The molecule has 1 heterocycles. The van der Waals surface area contributed by atoms with Crippen molar-refractivity contribution in [1.82, 2.24) is 5.32 Å². The predicted molar refractivity (Wildman–Crippen MR) is 71.0 cm³/mol. The molecule has 1 aliphatic heterocycles. The van der Waals surface area contributed by atoms with Crippen LogP contribution >= 0.6 is 0 Å². The van der Waals surface area contributed by atoms with Crippen molar-refractivity contribution >= 4 is 0 Å². The zero-order valence-corrected chi connectivity index (χ0v) is 11.5. The van der Waals surface area contributed by atoms with E-state index < -0.39 is 11.6 Å². The monoisotopic (exact) mass is 269 g/mol. The molecule has 0 radical (unpaired) electrons. The van der Waals surface area contributed by atoms with Crippen molar-refractivity contribution in [2.45, 2.75) is 44.8 Å². The van der Waals surface area contributed by atoms with Gasteiger partial charge >= 0.3 is 0 Å². The Bertz CT molecular complexity index is 430. The van der Waals surface area contributed by atoms with E-state index in [2.05, 4.69) is 12.2 Å². The highest BCUT2D eigenvalue weighted by Crippen LogP contribution is 2.37. The van der Waals surface area contributed by atoms with Crippen molar-refractivity contribution in [1.29, 1.82) is 0 Å². The zero-order valence-electron chi connectivity index (χ0n) is 11.5. The molecule has 106 valence electrons. The first-order valence-corrected chi connectivity index (χ1v) is 6.89. The van der Waals surface area contributed by atoms with Crippen LogP contribution in [0.4, 0.5) is 8.78 Å². The maximum absolute atomic E-state index is 13.4. The fourth-order valence-corrected chi connectivity index (χ4v) is 2.70. The van der Waals surface area contributed by atoms with E-state index in [1.54, 1.807) is 6.07 Å². The van der Waals surface area contributed by atoms with Gasteiger partial charge in [-0.05, 0) is 50.4 Å². The molecule has 4 heteroatoms. The van der Waals surface area contributed by atoms with Gasteiger partial charge in [-0.15, -0.1) is 0 Å². The summed E-state index contributed by atoms with van der Waals surface area (Å²) in [6.07, 6.45) is 2.91. The number of halogens is 2. The molecule has 2 nitrogen and oxygen atoms in total. The molecule has 2 rings (SSSR count). The minimum atomic E-state index is -0.810. The normalized spacial score (nSPS) is 24.6. The van der Waals surface area contributed by atoms with Gasteiger partial charge in [0.2, 0.25) is 0 Å². The number of hydrogen-bond donors (Lipinski definition) is 1. The highest BCUT2D eigenvalue weighted by atomic mass is 19.2. The summed E-state index contributed by atoms with van der Waals surface area (Å²) in [5.74, 6) is -1.61.